The van der Waals surface area contributed by atoms with E-state index in [4.69, 9.17) is 0 Å². The third kappa shape index (κ3) is 2.47. The molecule has 0 saturated carbocycles. The van der Waals surface area contributed by atoms with Crippen LogP contribution in [-0.4, -0.2) is 11.6 Å². The Bertz CT molecular complexity index is 1250. The molecule has 2 nitrogen and oxygen atoms in total. The van der Waals surface area contributed by atoms with Gasteiger partial charge in [-0.05, 0) is 52.9 Å². The van der Waals surface area contributed by atoms with Crippen molar-refractivity contribution >= 4 is 38.3 Å². The number of carbonyl (C=O) groups is 2. The van der Waals surface area contributed by atoms with Crippen molar-refractivity contribution in [1.82, 2.24) is 0 Å². The lowest BCUT2D eigenvalue weighted by Crippen LogP contribution is -2.11. The molecule has 0 fully saturated rings. The first-order valence-corrected chi connectivity index (χ1v) is 9.44. The molecular weight excluding hydrogens is 400 g/mol. The monoisotopic (exact) mass is 412 g/mol. The maximum Gasteiger partial charge on any atom is 0.194 e. The molecule has 1 aliphatic rings. The third-order valence-electron chi connectivity index (χ3n) is 5.05. The van der Waals surface area contributed by atoms with Gasteiger partial charge in [0.05, 0.1) is 0 Å². The molecule has 0 amide bonds. The van der Waals surface area contributed by atoms with Crippen LogP contribution in [0.3, 0.4) is 0 Å². The summed E-state index contributed by atoms with van der Waals surface area (Å²) in [5, 5.41) is 1.84. The van der Waals surface area contributed by atoms with Gasteiger partial charge < -0.3 is 0 Å². The van der Waals surface area contributed by atoms with Gasteiger partial charge in [0.1, 0.15) is 0 Å². The molecule has 1 aliphatic carbocycles. The first kappa shape index (κ1) is 16.2. The van der Waals surface area contributed by atoms with Crippen LogP contribution in [0.15, 0.2) is 83.3 Å². The number of rotatable bonds is 2. The molecular formula is C24H13BrO2. The van der Waals surface area contributed by atoms with Gasteiger partial charge in [-0.2, -0.15) is 0 Å². The van der Waals surface area contributed by atoms with Crippen molar-refractivity contribution in [3.63, 3.8) is 0 Å². The summed E-state index contributed by atoms with van der Waals surface area (Å²) in [6.45, 7) is 0. The highest BCUT2D eigenvalue weighted by molar-refractivity contribution is 9.10. The molecule has 128 valence electrons. The number of hydrogen-bond acceptors (Lipinski definition) is 2. The van der Waals surface area contributed by atoms with E-state index in [0.29, 0.717) is 22.3 Å². The summed E-state index contributed by atoms with van der Waals surface area (Å²) in [4.78, 5) is 26.0. The number of hydrogen-bond donors (Lipinski definition) is 0. The van der Waals surface area contributed by atoms with Crippen LogP contribution in [0.4, 0.5) is 0 Å². The first-order valence-electron chi connectivity index (χ1n) is 8.64. The zero-order chi connectivity index (χ0) is 18.5. The van der Waals surface area contributed by atoms with Gasteiger partial charge >= 0.3 is 0 Å². The second kappa shape index (κ2) is 6.00. The summed E-state index contributed by atoms with van der Waals surface area (Å²) >= 11 is 3.40. The largest absolute Gasteiger partial charge is 0.289 e. The van der Waals surface area contributed by atoms with Crippen LogP contribution in [-0.2, 0) is 0 Å². The van der Waals surface area contributed by atoms with Crippen molar-refractivity contribution in [1.29, 1.82) is 0 Å². The predicted octanol–water partition coefficient (Wildman–Crippen LogP) is 6.04. The summed E-state index contributed by atoms with van der Waals surface area (Å²) in [6, 6.07) is 24.5. The van der Waals surface area contributed by atoms with E-state index in [0.717, 1.165) is 26.4 Å². The van der Waals surface area contributed by atoms with Gasteiger partial charge in [0.25, 0.3) is 0 Å². The quantitative estimate of drug-likeness (QED) is 0.331. The zero-order valence-electron chi connectivity index (χ0n) is 14.2. The Balaban J connectivity index is 1.79. The lowest BCUT2D eigenvalue weighted by Gasteiger charge is -2.20. The molecule has 0 spiro atoms. The number of ketones is 2. The van der Waals surface area contributed by atoms with Gasteiger partial charge in [-0.25, -0.2) is 0 Å². The van der Waals surface area contributed by atoms with Crippen LogP contribution in [0.25, 0.3) is 21.9 Å². The maximum absolute atomic E-state index is 13.1. The second-order valence-corrected chi connectivity index (χ2v) is 7.55. The average molecular weight is 413 g/mol. The van der Waals surface area contributed by atoms with E-state index in [1.807, 2.05) is 78.9 Å². The van der Waals surface area contributed by atoms with Crippen molar-refractivity contribution in [2.45, 2.75) is 0 Å². The molecule has 3 heteroatoms. The normalized spacial score (nSPS) is 12.1. The molecule has 0 saturated heterocycles. The van der Waals surface area contributed by atoms with Gasteiger partial charge in [-0.3, -0.25) is 9.59 Å². The Morgan fingerprint density at radius 3 is 2.15 bits per heavy atom. The number of halogens is 1. The van der Waals surface area contributed by atoms with Crippen molar-refractivity contribution in [3.8, 4) is 11.1 Å². The Labute approximate surface area is 164 Å². The van der Waals surface area contributed by atoms with Crippen molar-refractivity contribution in [3.05, 3.63) is 106 Å². The molecule has 4 aromatic carbocycles. The second-order valence-electron chi connectivity index (χ2n) is 6.64. The van der Waals surface area contributed by atoms with Gasteiger partial charge in [0, 0.05) is 32.1 Å². The summed E-state index contributed by atoms with van der Waals surface area (Å²) in [6.07, 6.45) is 0. The van der Waals surface area contributed by atoms with E-state index in [9.17, 15) is 9.59 Å². The predicted molar refractivity (Wildman–Crippen MR) is 110 cm³/mol. The van der Waals surface area contributed by atoms with Crippen LogP contribution < -0.4 is 0 Å². The number of carbonyl (C=O) groups excluding carboxylic acids is 2. The topological polar surface area (TPSA) is 34.1 Å². The molecule has 0 bridgehead atoms. The van der Waals surface area contributed by atoms with Crippen molar-refractivity contribution in [2.75, 3.05) is 0 Å². The maximum atomic E-state index is 13.1. The summed E-state index contributed by atoms with van der Waals surface area (Å²) in [5.41, 5.74) is 4.48. The minimum Gasteiger partial charge on any atom is -0.289 e. The van der Waals surface area contributed by atoms with Crippen molar-refractivity contribution < 1.29 is 9.59 Å². The highest BCUT2D eigenvalue weighted by Crippen LogP contribution is 2.40. The summed E-state index contributed by atoms with van der Waals surface area (Å²) in [7, 11) is 0. The molecule has 0 aromatic heterocycles. The smallest absolute Gasteiger partial charge is 0.194 e. The molecule has 0 radical (unpaired) electrons. The SMILES string of the molecule is O=C(c1ccc(Br)cc1)c1cc2c3c(cccc3c1)C(=O)c1ccccc1-2. The van der Waals surface area contributed by atoms with Crippen LogP contribution in [0.1, 0.15) is 31.8 Å². The minimum absolute atomic E-state index is 0.0274. The molecule has 0 atom stereocenters. The molecule has 0 N–H and O–H groups in total. The standard InChI is InChI=1S/C24H13BrO2/c25-17-10-8-14(9-11-17)23(26)16-12-15-4-3-7-20-22(15)21(13-16)18-5-1-2-6-19(18)24(20)27/h1-13H. The van der Waals surface area contributed by atoms with Crippen LogP contribution in [0.5, 0.6) is 0 Å². The molecule has 0 heterocycles. The Hall–Kier alpha value is -3.04. The Morgan fingerprint density at radius 1 is 0.667 bits per heavy atom. The third-order valence-corrected chi connectivity index (χ3v) is 5.58. The van der Waals surface area contributed by atoms with Crippen LogP contribution in [0.2, 0.25) is 0 Å². The number of fused-ring (bicyclic) bond motifs is 2. The van der Waals surface area contributed by atoms with Crippen LogP contribution in [0, 0.1) is 0 Å². The molecule has 5 rings (SSSR count). The lowest BCUT2D eigenvalue weighted by molar-refractivity contribution is 0.103. The first-order chi connectivity index (χ1) is 13.1. The fraction of sp³-hybridized carbons (Fsp3) is 0. The van der Waals surface area contributed by atoms with E-state index in [2.05, 4.69) is 15.9 Å². The van der Waals surface area contributed by atoms with E-state index in [-0.39, 0.29) is 11.6 Å². The van der Waals surface area contributed by atoms with E-state index < -0.39 is 0 Å². The minimum atomic E-state index is -0.0274. The zero-order valence-corrected chi connectivity index (χ0v) is 15.8. The fourth-order valence-corrected chi connectivity index (χ4v) is 4.05. The number of benzene rings is 4. The van der Waals surface area contributed by atoms with Gasteiger partial charge in [-0.1, -0.05) is 58.4 Å². The van der Waals surface area contributed by atoms with Crippen LogP contribution >= 0.6 is 15.9 Å². The highest BCUT2D eigenvalue weighted by Gasteiger charge is 2.26. The van der Waals surface area contributed by atoms with E-state index >= 15 is 0 Å². The molecule has 27 heavy (non-hydrogen) atoms. The van der Waals surface area contributed by atoms with Gasteiger partial charge in [-0.15, -0.1) is 0 Å². The van der Waals surface area contributed by atoms with Gasteiger partial charge in [0.2, 0.25) is 0 Å². The highest BCUT2D eigenvalue weighted by atomic mass is 79.9. The Kier molecular flexibility index (Phi) is 3.59. The summed E-state index contributed by atoms with van der Waals surface area (Å²) < 4.78 is 0.935. The average Bonchev–Trinajstić information content (AvgIpc) is 2.71. The molecule has 0 aliphatic heterocycles. The molecule has 4 aromatic rings. The summed E-state index contributed by atoms with van der Waals surface area (Å²) in [5.74, 6) is 0.0103. The fourth-order valence-electron chi connectivity index (χ4n) is 3.79. The van der Waals surface area contributed by atoms with E-state index in [1.54, 1.807) is 0 Å². The van der Waals surface area contributed by atoms with Gasteiger partial charge in [0.15, 0.2) is 11.6 Å². The van der Waals surface area contributed by atoms with Crippen molar-refractivity contribution in [2.24, 2.45) is 0 Å². The Morgan fingerprint density at radius 2 is 1.37 bits per heavy atom. The lowest BCUT2D eigenvalue weighted by atomic mass is 9.81. The molecule has 0 unspecified atom stereocenters. The van der Waals surface area contributed by atoms with E-state index in [1.165, 1.54) is 0 Å².